The van der Waals surface area contributed by atoms with Crippen LogP contribution in [0.1, 0.15) is 5.56 Å². The molecule has 2 nitrogen and oxygen atoms in total. The monoisotopic (exact) mass is 338 g/mol. The summed E-state index contributed by atoms with van der Waals surface area (Å²) in [5.74, 6) is 0.649. The summed E-state index contributed by atoms with van der Waals surface area (Å²) in [6.07, 6.45) is 0. The predicted octanol–water partition coefficient (Wildman–Crippen LogP) is 3.75. The van der Waals surface area contributed by atoms with E-state index in [1.54, 1.807) is 0 Å². The second kappa shape index (κ2) is 5.14. The summed E-state index contributed by atoms with van der Waals surface area (Å²) in [6, 6.07) is 3.88. The molecule has 0 unspecified atom stereocenters. The fourth-order valence-corrected chi connectivity index (χ4v) is 2.05. The van der Waals surface area contributed by atoms with Gasteiger partial charge in [0.2, 0.25) is 0 Å². The van der Waals surface area contributed by atoms with E-state index in [9.17, 15) is 0 Å². The molecular weight excluding hydrogens is 331 g/mol. The largest absolute Gasteiger partial charge is 0.386 e. The van der Waals surface area contributed by atoms with Crippen LogP contribution in [0.3, 0.4) is 0 Å². The number of nitrogens with zero attached hydrogens (tertiary/aromatic N) is 1. The van der Waals surface area contributed by atoms with Crippen molar-refractivity contribution in [1.82, 2.24) is 0 Å². The van der Waals surface area contributed by atoms with Gasteiger partial charge in [-0.2, -0.15) is 0 Å². The third-order valence-electron chi connectivity index (χ3n) is 1.63. The molecule has 0 amide bonds. The molecule has 0 saturated carbocycles. The first kappa shape index (κ1) is 12.0. The number of amidine groups is 1. The third-order valence-corrected chi connectivity index (χ3v) is 3.39. The van der Waals surface area contributed by atoms with Crippen LogP contribution in [0.5, 0.6) is 0 Å². The molecule has 0 aliphatic rings. The van der Waals surface area contributed by atoms with Gasteiger partial charge < -0.3 is 5.73 Å². The normalized spacial score (nSPS) is 11.9. The van der Waals surface area contributed by atoms with Crippen LogP contribution >= 0.6 is 43.5 Å². The van der Waals surface area contributed by atoms with Crippen LogP contribution in [0, 0.1) is 6.92 Å². The molecule has 0 spiro atoms. The second-order valence-corrected chi connectivity index (χ2v) is 4.77. The lowest BCUT2D eigenvalue weighted by Crippen LogP contribution is -2.12. The Morgan fingerprint density at radius 1 is 1.43 bits per heavy atom. The fraction of sp³-hybridized carbons (Fsp3) is 0.222. The molecule has 0 atom stereocenters. The highest BCUT2D eigenvalue weighted by atomic mass is 79.9. The Labute approximate surface area is 105 Å². The lowest BCUT2D eigenvalue weighted by molar-refractivity contribution is 1.36. The van der Waals surface area contributed by atoms with E-state index in [0.717, 1.165) is 20.2 Å². The van der Waals surface area contributed by atoms with Crippen LogP contribution in [0.2, 0.25) is 0 Å². The minimum atomic E-state index is 0.238. The lowest BCUT2D eigenvalue weighted by atomic mass is 10.2. The molecule has 0 radical (unpaired) electrons. The number of nitrogens with two attached hydrogens (primary N) is 1. The summed E-state index contributed by atoms with van der Waals surface area (Å²) in [4.78, 5) is 4.17. The van der Waals surface area contributed by atoms with Gasteiger partial charge in [0.05, 0.1) is 11.6 Å². The molecule has 0 aliphatic carbocycles. The van der Waals surface area contributed by atoms with E-state index in [0.29, 0.717) is 5.84 Å². The topological polar surface area (TPSA) is 38.4 Å². The van der Waals surface area contributed by atoms with Crippen LogP contribution in [0.15, 0.2) is 26.1 Å². The molecule has 0 bridgehead atoms. The number of hydrogen-bond donors (Lipinski definition) is 1. The van der Waals surface area contributed by atoms with Gasteiger partial charge in [0.1, 0.15) is 5.84 Å². The van der Waals surface area contributed by atoms with Gasteiger partial charge in [-0.25, -0.2) is 4.99 Å². The highest BCUT2D eigenvalue weighted by Crippen LogP contribution is 2.31. The van der Waals surface area contributed by atoms with Crippen LogP contribution in [-0.2, 0) is 0 Å². The average Bonchev–Trinajstić information content (AvgIpc) is 2.14. The first-order chi connectivity index (χ1) is 6.54. The summed E-state index contributed by atoms with van der Waals surface area (Å²) in [5, 5.41) is 0. The van der Waals surface area contributed by atoms with Gasteiger partial charge in [0.25, 0.3) is 0 Å². The minimum absolute atomic E-state index is 0.238. The van der Waals surface area contributed by atoms with E-state index in [2.05, 4.69) is 36.9 Å². The molecule has 76 valence electrons. The highest BCUT2D eigenvalue weighted by Gasteiger charge is 2.03. The molecular formula is C9H9Br2ClN2. The van der Waals surface area contributed by atoms with E-state index in [1.807, 2.05) is 19.1 Å². The van der Waals surface area contributed by atoms with Crippen molar-refractivity contribution in [2.45, 2.75) is 6.92 Å². The summed E-state index contributed by atoms with van der Waals surface area (Å²) in [6.45, 7) is 1.99. The molecule has 0 aromatic heterocycles. The number of aryl methyl sites for hydroxylation is 1. The Morgan fingerprint density at radius 2 is 2.07 bits per heavy atom. The fourth-order valence-electron chi connectivity index (χ4n) is 0.912. The number of hydrogen-bond acceptors (Lipinski definition) is 1. The van der Waals surface area contributed by atoms with Gasteiger partial charge in [-0.3, -0.25) is 0 Å². The number of aliphatic imine (C=N–C) groups is 1. The SMILES string of the molecule is Cc1cc(N=C(N)CCl)c(Br)cc1Br. The summed E-state index contributed by atoms with van der Waals surface area (Å²) < 4.78 is 1.93. The van der Waals surface area contributed by atoms with Crippen LogP contribution in [0.25, 0.3) is 0 Å². The van der Waals surface area contributed by atoms with Crippen LogP contribution < -0.4 is 5.73 Å². The van der Waals surface area contributed by atoms with Crippen molar-refractivity contribution in [3.63, 3.8) is 0 Å². The Morgan fingerprint density at radius 3 is 2.64 bits per heavy atom. The highest BCUT2D eigenvalue weighted by molar-refractivity contribution is 9.11. The number of halogens is 3. The third kappa shape index (κ3) is 2.97. The van der Waals surface area contributed by atoms with Crippen LogP contribution in [0.4, 0.5) is 5.69 Å². The quantitative estimate of drug-likeness (QED) is 0.497. The zero-order valence-corrected chi connectivity index (χ0v) is 11.4. The van der Waals surface area contributed by atoms with Crippen molar-refractivity contribution >= 4 is 55.0 Å². The van der Waals surface area contributed by atoms with Crippen molar-refractivity contribution in [3.05, 3.63) is 26.6 Å². The first-order valence-corrected chi connectivity index (χ1v) is 6.01. The number of rotatable bonds is 2. The Hall–Kier alpha value is -0.0600. The smallest absolute Gasteiger partial charge is 0.115 e. The molecule has 2 N–H and O–H groups in total. The van der Waals surface area contributed by atoms with Crippen molar-refractivity contribution in [2.24, 2.45) is 10.7 Å². The van der Waals surface area contributed by atoms with E-state index in [-0.39, 0.29) is 5.88 Å². The van der Waals surface area contributed by atoms with Gasteiger partial charge in [-0.1, -0.05) is 15.9 Å². The van der Waals surface area contributed by atoms with Gasteiger partial charge in [-0.05, 0) is 40.5 Å². The lowest BCUT2D eigenvalue weighted by Gasteiger charge is -2.04. The number of benzene rings is 1. The Balaban J connectivity index is 3.16. The maximum absolute atomic E-state index is 5.55. The van der Waals surface area contributed by atoms with Crippen molar-refractivity contribution < 1.29 is 0 Å². The molecule has 14 heavy (non-hydrogen) atoms. The van der Waals surface area contributed by atoms with E-state index in [1.165, 1.54) is 0 Å². The summed E-state index contributed by atoms with van der Waals surface area (Å²) >= 11 is 12.4. The molecule has 1 rings (SSSR count). The standard InChI is InChI=1S/C9H9Br2ClN2/c1-5-2-8(14-9(13)4-12)7(11)3-6(5)10/h2-3H,4H2,1H3,(H2,13,14). The molecule has 0 heterocycles. The molecule has 0 aliphatic heterocycles. The van der Waals surface area contributed by atoms with E-state index < -0.39 is 0 Å². The van der Waals surface area contributed by atoms with Gasteiger partial charge in [0.15, 0.2) is 0 Å². The molecule has 0 saturated heterocycles. The van der Waals surface area contributed by atoms with Gasteiger partial charge in [-0.15, -0.1) is 11.6 Å². The first-order valence-electron chi connectivity index (χ1n) is 3.89. The molecule has 1 aromatic rings. The Bertz CT molecular complexity index is 377. The van der Waals surface area contributed by atoms with E-state index >= 15 is 0 Å². The van der Waals surface area contributed by atoms with Crippen molar-refractivity contribution in [2.75, 3.05) is 5.88 Å². The molecule has 5 heteroatoms. The molecule has 1 aromatic carbocycles. The van der Waals surface area contributed by atoms with Gasteiger partial charge >= 0.3 is 0 Å². The maximum Gasteiger partial charge on any atom is 0.115 e. The minimum Gasteiger partial charge on any atom is -0.386 e. The molecule has 0 fully saturated rings. The number of alkyl halides is 1. The average molecular weight is 340 g/mol. The summed E-state index contributed by atoms with van der Waals surface area (Å²) in [7, 11) is 0. The predicted molar refractivity (Wildman–Crippen MR) is 68.6 cm³/mol. The van der Waals surface area contributed by atoms with Crippen molar-refractivity contribution in [3.8, 4) is 0 Å². The van der Waals surface area contributed by atoms with Crippen molar-refractivity contribution in [1.29, 1.82) is 0 Å². The second-order valence-electron chi connectivity index (χ2n) is 2.79. The zero-order valence-electron chi connectivity index (χ0n) is 7.52. The Kier molecular flexibility index (Phi) is 4.41. The van der Waals surface area contributed by atoms with E-state index in [4.69, 9.17) is 17.3 Å². The maximum atomic E-state index is 5.55. The van der Waals surface area contributed by atoms with Crippen LogP contribution in [-0.4, -0.2) is 11.7 Å². The van der Waals surface area contributed by atoms with Gasteiger partial charge in [0, 0.05) is 8.95 Å². The summed E-state index contributed by atoms with van der Waals surface area (Å²) in [5.41, 5.74) is 7.45. The zero-order chi connectivity index (χ0) is 10.7.